The first-order chi connectivity index (χ1) is 63.9. The largest absolute Gasteiger partial charge is 0.491 e. The molecule has 0 saturated carbocycles. The lowest BCUT2D eigenvalue weighted by Crippen LogP contribution is -2.34. The van der Waals surface area contributed by atoms with Crippen LogP contribution in [-0.2, 0) is 68.1 Å². The summed E-state index contributed by atoms with van der Waals surface area (Å²) in [5, 5.41) is 0. The molecule has 0 N–H and O–H groups in total. The first-order valence-electron chi connectivity index (χ1n) is 46.4. The van der Waals surface area contributed by atoms with Gasteiger partial charge in [0, 0.05) is 59.7 Å². The van der Waals surface area contributed by atoms with Crippen LogP contribution in [0.4, 0.5) is 0 Å². The topological polar surface area (TPSA) is 96.7 Å². The number of ether oxygens (including phenoxy) is 6. The zero-order valence-corrected chi connectivity index (χ0v) is 78.6. The average Bonchev–Trinajstić information content (AvgIpc) is 0.733. The van der Waals surface area contributed by atoms with E-state index in [-0.39, 0.29) is 21.7 Å². The second kappa shape index (κ2) is 41.1. The minimum Gasteiger partial charge on any atom is -0.491 e. The summed E-state index contributed by atoms with van der Waals surface area (Å²) >= 11 is 0. The van der Waals surface area contributed by atoms with Crippen molar-refractivity contribution in [2.45, 2.75) is 142 Å². The quantitative estimate of drug-likeness (QED) is 0.0220. The van der Waals surface area contributed by atoms with E-state index in [1.807, 2.05) is 36.4 Å². The number of benzene rings is 10. The van der Waals surface area contributed by atoms with Crippen molar-refractivity contribution in [1.82, 2.24) is 9.97 Å². The normalized spacial score (nSPS) is 12.1. The summed E-state index contributed by atoms with van der Waals surface area (Å²) < 4.78 is 45.4. The minimum atomic E-state index is -0.566. The van der Waals surface area contributed by atoms with Gasteiger partial charge < -0.3 is 28.4 Å². The molecule has 0 amide bonds. The lowest BCUT2D eigenvalue weighted by Gasteiger charge is -2.37. The molecule has 6 heterocycles. The van der Waals surface area contributed by atoms with Crippen molar-refractivity contribution in [3.63, 3.8) is 0 Å². The van der Waals surface area contributed by atoms with Gasteiger partial charge in [-0.1, -0.05) is 277 Å². The fraction of sp³-hybridized carbons (Fsp3) is 0.250. The molecule has 0 saturated heterocycles. The lowest BCUT2D eigenvalue weighted by atomic mass is 9.64. The van der Waals surface area contributed by atoms with Crippen LogP contribution < -0.4 is 37.2 Å². The van der Waals surface area contributed by atoms with E-state index in [0.717, 1.165) is 81.1 Å². The van der Waals surface area contributed by atoms with Gasteiger partial charge >= 0.3 is 0 Å². The van der Waals surface area contributed by atoms with Crippen LogP contribution in [0, 0.1) is 0 Å². The third kappa shape index (κ3) is 22.4. The van der Waals surface area contributed by atoms with Gasteiger partial charge in [0.05, 0.1) is 48.6 Å². The van der Waals surface area contributed by atoms with Crippen LogP contribution in [0.25, 0.3) is 33.6 Å². The van der Waals surface area contributed by atoms with Crippen LogP contribution in [0.15, 0.2) is 389 Å². The molecule has 0 atom stereocenters. The molecule has 666 valence electrons. The molecule has 0 spiro atoms. The van der Waals surface area contributed by atoms with E-state index in [2.05, 4.69) is 454 Å². The first kappa shape index (κ1) is 91.5. The Morgan fingerprint density at radius 1 is 0.197 bits per heavy atom. The molecule has 0 aliphatic rings. The number of aromatic nitrogens is 6. The van der Waals surface area contributed by atoms with E-state index in [9.17, 15) is 0 Å². The third-order valence-electron chi connectivity index (χ3n) is 25.1. The zero-order valence-electron chi connectivity index (χ0n) is 78.6. The van der Waals surface area contributed by atoms with Gasteiger partial charge in [0.2, 0.25) is 0 Å². The van der Waals surface area contributed by atoms with E-state index in [4.69, 9.17) is 38.4 Å². The maximum absolute atomic E-state index is 6.27. The zero-order chi connectivity index (χ0) is 91.7. The predicted octanol–water partition coefficient (Wildman–Crippen LogP) is 23.7. The summed E-state index contributed by atoms with van der Waals surface area (Å²) in [6.07, 6.45) is 17.0. The second-order valence-electron chi connectivity index (χ2n) is 38.6. The molecule has 0 fully saturated rings. The molecular weight excluding hydrogens is 1620 g/mol. The lowest BCUT2D eigenvalue weighted by molar-refractivity contribution is -0.689. The number of hydrogen-bond acceptors (Lipinski definition) is 8. The van der Waals surface area contributed by atoms with Gasteiger partial charge in [-0.25, -0.2) is 19.1 Å². The van der Waals surface area contributed by atoms with Crippen molar-refractivity contribution in [3.05, 3.63) is 479 Å². The number of nitrogens with zero attached hydrogens (tertiary/aromatic N) is 6. The van der Waals surface area contributed by atoms with Crippen molar-refractivity contribution in [2.24, 2.45) is 0 Å². The highest BCUT2D eigenvalue weighted by Crippen LogP contribution is 2.49. The van der Waals surface area contributed by atoms with E-state index in [0.29, 0.717) is 65.9 Å². The summed E-state index contributed by atoms with van der Waals surface area (Å²) in [5.74, 6) is 3.21. The van der Waals surface area contributed by atoms with Crippen LogP contribution in [0.2, 0.25) is 0 Å². The van der Waals surface area contributed by atoms with Crippen LogP contribution in [0.5, 0.6) is 23.0 Å². The van der Waals surface area contributed by atoms with Crippen molar-refractivity contribution in [1.29, 1.82) is 0 Å². The van der Waals surface area contributed by atoms with Crippen LogP contribution >= 0.6 is 0 Å². The molecule has 16 aromatic rings. The van der Waals surface area contributed by atoms with Crippen LogP contribution in [0.3, 0.4) is 0 Å². The molecule has 0 unspecified atom stereocenters. The molecule has 6 aromatic heterocycles. The summed E-state index contributed by atoms with van der Waals surface area (Å²) in [7, 11) is 0. The Labute approximate surface area is 781 Å². The smallest absolute Gasteiger partial charge is 0.190 e. The number of hydrogen-bond donors (Lipinski definition) is 0. The maximum Gasteiger partial charge on any atom is 0.190 e. The van der Waals surface area contributed by atoms with E-state index in [1.54, 1.807) is 0 Å². The highest BCUT2D eigenvalue weighted by atomic mass is 16.6. The van der Waals surface area contributed by atoms with E-state index >= 15 is 0 Å². The van der Waals surface area contributed by atoms with Crippen molar-refractivity contribution < 1.29 is 46.7 Å². The highest BCUT2D eigenvalue weighted by molar-refractivity contribution is 5.65. The summed E-state index contributed by atoms with van der Waals surface area (Å²) in [6.45, 7) is 33.4. The molecule has 10 aromatic carbocycles. The van der Waals surface area contributed by atoms with E-state index < -0.39 is 10.8 Å². The minimum absolute atomic E-state index is 0.0354. The Morgan fingerprint density at radius 2 is 0.409 bits per heavy atom. The standard InChI is InChI=1S/C120H124N6O6/c1-115(2,3)95-33-41-101(42-34-95)119(99-21-15-13-16-22-99,102-43-35-96(36-44-102)116(4,5)6)105-49-57-111(58-50-105)131-83-79-127-77-81-129-109-53-29-89(30-54-109)85-123-69-61-91(62-70-123)93-65-73-125(74-66-93)87-107-25-19-27-113(121-107)114-28-20-26-108(122-114)88-126-75-67-94(68-76-126)92-63-71-124(72-64-92)86-90-31-55-110(56-32-90)130-82-78-128-80-84-132-112-59-51-106(52-60-112)120(100-23-17-14-18-24-100,103-45-37-97(38-46-103)117(7,8)9)104-47-39-98(40-48-104)118(10,11)12/h13-76H,77-88H2,1-12H3/q+4. The molecule has 0 bridgehead atoms. The van der Waals surface area contributed by atoms with Gasteiger partial charge in [0.25, 0.3) is 0 Å². The molecule has 12 heteroatoms. The molecule has 12 nitrogen and oxygen atoms in total. The fourth-order valence-corrected chi connectivity index (χ4v) is 17.6. The van der Waals surface area contributed by atoms with Gasteiger partial charge in [-0.3, -0.25) is 0 Å². The Kier molecular flexibility index (Phi) is 28.5. The summed E-state index contributed by atoms with van der Waals surface area (Å²) in [4.78, 5) is 10.2. The van der Waals surface area contributed by atoms with Gasteiger partial charge in [0.1, 0.15) is 60.8 Å². The highest BCUT2D eigenvalue weighted by Gasteiger charge is 2.41. The molecule has 132 heavy (non-hydrogen) atoms. The monoisotopic (exact) mass is 1740 g/mol. The Morgan fingerprint density at radius 3 is 0.652 bits per heavy atom. The van der Waals surface area contributed by atoms with Crippen molar-refractivity contribution in [3.8, 4) is 56.6 Å². The average molecular weight is 1750 g/mol. The number of rotatable bonds is 35. The van der Waals surface area contributed by atoms with Gasteiger partial charge in [-0.15, -0.1) is 0 Å². The molecule has 16 rings (SSSR count). The Bertz CT molecular complexity index is 5860. The van der Waals surface area contributed by atoms with Gasteiger partial charge in [0.15, 0.2) is 75.8 Å². The summed E-state index contributed by atoms with van der Waals surface area (Å²) in [6, 6.07) is 122. The SMILES string of the molecule is CC(C)(C)c1ccc(C(c2ccccc2)(c2ccc(OCCOCCOc3ccc(C[n+]4ccc(-c5cc[n+](Cc6cccc(-c7cccc(C[n+]8ccc(-c9cc[n+](Cc%10ccc(OCCOCCOc%11ccc(C(c%12ccccc%12)(c%12ccc(C(C)(C)C)cc%12)c%12ccc(C(C)(C)C)cc%12)cc%11)cc%10)cc9)cc8)n7)n6)cc5)cc4)cc3)cc2)c2ccc(C(C)(C)C)cc2)cc1. The predicted molar refractivity (Wildman–Crippen MR) is 529 cm³/mol. The van der Waals surface area contributed by atoms with Crippen molar-refractivity contribution in [2.75, 3.05) is 52.9 Å². The van der Waals surface area contributed by atoms with Crippen LogP contribution in [0.1, 0.15) is 172 Å². The fourth-order valence-electron chi connectivity index (χ4n) is 17.6. The van der Waals surface area contributed by atoms with Gasteiger partial charge in [-0.2, -0.15) is 9.13 Å². The molecule has 0 radical (unpaired) electrons. The number of pyridine rings is 6. The summed E-state index contributed by atoms with van der Waals surface area (Å²) in [5.41, 5.74) is 24.4. The van der Waals surface area contributed by atoms with E-state index in [1.165, 1.54) is 77.9 Å². The Hall–Kier alpha value is -13.8. The first-order valence-corrected chi connectivity index (χ1v) is 46.4. The molecular formula is C120H124N6O6+4. The van der Waals surface area contributed by atoms with Gasteiger partial charge in [-0.05, 0) is 208 Å². The molecule has 0 aliphatic heterocycles. The molecule has 0 aliphatic carbocycles. The van der Waals surface area contributed by atoms with Crippen molar-refractivity contribution >= 4 is 0 Å². The van der Waals surface area contributed by atoms with Crippen LogP contribution in [-0.4, -0.2) is 62.8 Å². The Balaban J connectivity index is 0.441. The maximum atomic E-state index is 6.27. The second-order valence-corrected chi connectivity index (χ2v) is 38.6. The third-order valence-corrected chi connectivity index (χ3v) is 25.1.